The molecule has 0 radical (unpaired) electrons. The Kier molecular flexibility index (Phi) is 5.49. The molecule has 1 aliphatic rings. The van der Waals surface area contributed by atoms with Gasteiger partial charge in [-0.2, -0.15) is 0 Å². The Bertz CT molecular complexity index is 527. The molecule has 0 bridgehead atoms. The van der Waals surface area contributed by atoms with Gasteiger partial charge in [0.25, 0.3) is 0 Å². The van der Waals surface area contributed by atoms with Crippen molar-refractivity contribution in [3.8, 4) is 0 Å². The maximum absolute atomic E-state index is 13.0. The summed E-state index contributed by atoms with van der Waals surface area (Å²) in [6.45, 7) is 2.19. The third kappa shape index (κ3) is 5.11. The summed E-state index contributed by atoms with van der Waals surface area (Å²) in [4.78, 5) is 23.1. The number of hydrogen-bond acceptors (Lipinski definition) is 3. The lowest BCUT2D eigenvalue weighted by molar-refractivity contribution is -0.138. The highest BCUT2D eigenvalue weighted by Crippen LogP contribution is 2.29. The molecule has 1 aliphatic carbocycles. The first-order chi connectivity index (χ1) is 10.5. The van der Waals surface area contributed by atoms with Gasteiger partial charge in [-0.1, -0.05) is 12.1 Å². The van der Waals surface area contributed by atoms with E-state index in [1.807, 2.05) is 0 Å². The van der Waals surface area contributed by atoms with Gasteiger partial charge in [0.2, 0.25) is 5.91 Å². The highest BCUT2D eigenvalue weighted by Gasteiger charge is 2.25. The summed E-state index contributed by atoms with van der Waals surface area (Å²) in [5.74, 6) is -1.27. The molecule has 2 N–H and O–H groups in total. The maximum atomic E-state index is 13.0. The number of benzene rings is 1. The van der Waals surface area contributed by atoms with Crippen molar-refractivity contribution in [1.29, 1.82) is 0 Å². The zero-order chi connectivity index (χ0) is 16.1. The predicted octanol–water partition coefficient (Wildman–Crippen LogP) is 2.27. The van der Waals surface area contributed by atoms with Gasteiger partial charge < -0.3 is 15.2 Å². The van der Waals surface area contributed by atoms with Crippen molar-refractivity contribution in [3.05, 3.63) is 35.6 Å². The van der Waals surface area contributed by atoms with Crippen LogP contribution in [0.4, 0.5) is 4.39 Å². The van der Waals surface area contributed by atoms with Gasteiger partial charge in [0, 0.05) is 0 Å². The average molecular weight is 309 g/mol. The Morgan fingerprint density at radius 2 is 2.00 bits per heavy atom. The molecular weight excluding hydrogens is 289 g/mol. The highest BCUT2D eigenvalue weighted by molar-refractivity contribution is 5.81. The number of nitrogens with one attached hydrogen (secondary N) is 1. The van der Waals surface area contributed by atoms with Crippen molar-refractivity contribution in [2.75, 3.05) is 6.61 Å². The third-order valence-corrected chi connectivity index (χ3v) is 3.62. The molecule has 0 saturated heterocycles. The van der Waals surface area contributed by atoms with Crippen molar-refractivity contribution >= 4 is 11.9 Å². The molecule has 120 valence electrons. The Balaban J connectivity index is 1.96. The lowest BCUT2D eigenvalue weighted by Gasteiger charge is -2.20. The highest BCUT2D eigenvalue weighted by atomic mass is 19.1. The second-order valence-corrected chi connectivity index (χ2v) is 5.63. The van der Waals surface area contributed by atoms with Crippen molar-refractivity contribution in [1.82, 2.24) is 5.32 Å². The largest absolute Gasteiger partial charge is 0.481 e. The first kappa shape index (κ1) is 16.4. The number of carbonyl (C=O) groups excluding carboxylic acids is 1. The standard InChI is InChI=1S/C16H20FNO4/c1-10(22-9-11-2-3-11)16(21)18-14(8-15(19)20)12-4-6-13(17)7-5-12/h4-7,10-11,14H,2-3,8-9H2,1H3,(H,18,21)(H,19,20)/t10-,14-/m0/s1. The van der Waals surface area contributed by atoms with Crippen LogP contribution in [0.5, 0.6) is 0 Å². The van der Waals surface area contributed by atoms with E-state index in [4.69, 9.17) is 9.84 Å². The summed E-state index contributed by atoms with van der Waals surface area (Å²) in [7, 11) is 0. The minimum atomic E-state index is -1.04. The fourth-order valence-electron chi connectivity index (χ4n) is 2.05. The second-order valence-electron chi connectivity index (χ2n) is 5.63. The zero-order valence-corrected chi connectivity index (χ0v) is 12.4. The molecule has 0 aliphatic heterocycles. The number of halogens is 1. The fraction of sp³-hybridized carbons (Fsp3) is 0.500. The molecular formula is C16H20FNO4. The van der Waals surface area contributed by atoms with Crippen LogP contribution in [0, 0.1) is 11.7 Å². The number of amides is 1. The van der Waals surface area contributed by atoms with Crippen LogP contribution in [-0.2, 0) is 14.3 Å². The summed E-state index contributed by atoms with van der Waals surface area (Å²) in [6, 6.07) is 4.71. The molecule has 1 aromatic carbocycles. The van der Waals surface area contributed by atoms with Crippen LogP contribution in [0.25, 0.3) is 0 Å². The second kappa shape index (κ2) is 7.35. The fourth-order valence-corrected chi connectivity index (χ4v) is 2.05. The van der Waals surface area contributed by atoms with Gasteiger partial charge in [0.05, 0.1) is 19.1 Å². The molecule has 0 aromatic heterocycles. The van der Waals surface area contributed by atoms with E-state index >= 15 is 0 Å². The van der Waals surface area contributed by atoms with E-state index in [1.165, 1.54) is 24.3 Å². The quantitative estimate of drug-likeness (QED) is 0.772. The summed E-state index contributed by atoms with van der Waals surface area (Å²) in [5.41, 5.74) is 0.548. The number of carboxylic acids is 1. The molecule has 2 atom stereocenters. The minimum absolute atomic E-state index is 0.271. The van der Waals surface area contributed by atoms with E-state index in [1.54, 1.807) is 6.92 Å². The van der Waals surface area contributed by atoms with Gasteiger partial charge in [-0.3, -0.25) is 9.59 Å². The van der Waals surface area contributed by atoms with Crippen LogP contribution in [0.1, 0.15) is 37.8 Å². The smallest absolute Gasteiger partial charge is 0.305 e. The van der Waals surface area contributed by atoms with E-state index < -0.39 is 23.9 Å². The first-order valence-corrected chi connectivity index (χ1v) is 7.35. The topological polar surface area (TPSA) is 75.6 Å². The average Bonchev–Trinajstić information content (AvgIpc) is 3.28. The normalized spacial score (nSPS) is 16.8. The molecule has 2 rings (SSSR count). The molecule has 1 saturated carbocycles. The molecule has 0 spiro atoms. The molecule has 0 heterocycles. The van der Waals surface area contributed by atoms with Gasteiger partial charge in [-0.25, -0.2) is 4.39 Å². The number of ether oxygens (including phenoxy) is 1. The lowest BCUT2D eigenvalue weighted by Crippen LogP contribution is -2.38. The van der Waals surface area contributed by atoms with Gasteiger partial charge in [-0.15, -0.1) is 0 Å². The summed E-state index contributed by atoms with van der Waals surface area (Å²) in [5, 5.41) is 11.6. The molecule has 0 unspecified atom stereocenters. The van der Waals surface area contributed by atoms with E-state index in [9.17, 15) is 14.0 Å². The van der Waals surface area contributed by atoms with E-state index in [2.05, 4.69) is 5.32 Å². The van der Waals surface area contributed by atoms with Crippen LogP contribution in [0.2, 0.25) is 0 Å². The number of hydrogen-bond donors (Lipinski definition) is 2. The van der Waals surface area contributed by atoms with E-state index in [0.717, 1.165) is 12.8 Å². The Labute approximate surface area is 128 Å². The summed E-state index contributed by atoms with van der Waals surface area (Å²) < 4.78 is 18.4. The van der Waals surface area contributed by atoms with Crippen LogP contribution < -0.4 is 5.32 Å². The molecule has 5 nitrogen and oxygen atoms in total. The van der Waals surface area contributed by atoms with Crippen molar-refractivity contribution < 1.29 is 23.8 Å². The van der Waals surface area contributed by atoms with E-state index in [-0.39, 0.29) is 12.3 Å². The van der Waals surface area contributed by atoms with Crippen molar-refractivity contribution in [2.24, 2.45) is 5.92 Å². The van der Waals surface area contributed by atoms with E-state index in [0.29, 0.717) is 18.1 Å². The number of carbonyl (C=O) groups is 2. The van der Waals surface area contributed by atoms with Gasteiger partial charge in [0.1, 0.15) is 11.9 Å². The zero-order valence-electron chi connectivity index (χ0n) is 12.4. The molecule has 1 fully saturated rings. The Morgan fingerprint density at radius 1 is 1.36 bits per heavy atom. The van der Waals surface area contributed by atoms with Crippen molar-refractivity contribution in [2.45, 2.75) is 38.3 Å². The number of rotatable bonds is 8. The van der Waals surface area contributed by atoms with Crippen LogP contribution in [0.3, 0.4) is 0 Å². The van der Waals surface area contributed by atoms with Crippen LogP contribution in [0.15, 0.2) is 24.3 Å². The summed E-state index contributed by atoms with van der Waals surface area (Å²) >= 11 is 0. The van der Waals surface area contributed by atoms with Gasteiger partial charge in [-0.05, 0) is 43.4 Å². The van der Waals surface area contributed by atoms with Gasteiger partial charge in [0.15, 0.2) is 0 Å². The summed E-state index contributed by atoms with van der Waals surface area (Å²) in [6.07, 6.45) is 1.35. The third-order valence-electron chi connectivity index (χ3n) is 3.62. The lowest BCUT2D eigenvalue weighted by atomic mass is 10.0. The first-order valence-electron chi connectivity index (χ1n) is 7.35. The Morgan fingerprint density at radius 3 is 2.55 bits per heavy atom. The van der Waals surface area contributed by atoms with Gasteiger partial charge >= 0.3 is 5.97 Å². The molecule has 22 heavy (non-hydrogen) atoms. The number of carboxylic acid groups (broad SMARTS) is 1. The predicted molar refractivity (Wildman–Crippen MR) is 77.7 cm³/mol. The number of aliphatic carboxylic acids is 1. The molecule has 1 aromatic rings. The SMILES string of the molecule is C[C@H](OCC1CC1)C(=O)N[C@@H](CC(=O)O)c1ccc(F)cc1. The molecule has 1 amide bonds. The van der Waals surface area contributed by atoms with Crippen LogP contribution >= 0.6 is 0 Å². The monoisotopic (exact) mass is 309 g/mol. The molecule has 6 heteroatoms. The van der Waals surface area contributed by atoms with Crippen LogP contribution in [-0.4, -0.2) is 29.7 Å². The van der Waals surface area contributed by atoms with Crippen molar-refractivity contribution in [3.63, 3.8) is 0 Å². The Hall–Kier alpha value is -1.95. The maximum Gasteiger partial charge on any atom is 0.305 e. The minimum Gasteiger partial charge on any atom is -0.481 e.